The molecule has 1 amide bonds. The Labute approximate surface area is 159 Å². The number of amides is 1. The number of benzene rings is 2. The topological polar surface area (TPSA) is 59.0 Å². The van der Waals surface area contributed by atoms with Crippen molar-refractivity contribution in [3.8, 4) is 0 Å². The van der Waals surface area contributed by atoms with Crippen molar-refractivity contribution in [3.63, 3.8) is 0 Å². The summed E-state index contributed by atoms with van der Waals surface area (Å²) in [5.41, 5.74) is 8.23. The van der Waals surface area contributed by atoms with Gasteiger partial charge in [-0.25, -0.2) is 4.39 Å². The predicted octanol–water partition coefficient (Wildman–Crippen LogP) is 4.35. The number of hydrogen-bond donors (Lipinski definition) is 2. The van der Waals surface area contributed by atoms with Gasteiger partial charge in [0.2, 0.25) is 0 Å². The summed E-state index contributed by atoms with van der Waals surface area (Å²) < 4.78 is 15.0. The zero-order valence-corrected chi connectivity index (χ0v) is 15.4. The maximum atomic E-state index is 13.1. The highest BCUT2D eigenvalue weighted by Gasteiger charge is 2.16. The van der Waals surface area contributed by atoms with E-state index in [0.717, 1.165) is 27.2 Å². The van der Waals surface area contributed by atoms with Gasteiger partial charge in [0.15, 0.2) is 0 Å². The molecule has 0 aliphatic carbocycles. The molecule has 0 aliphatic heterocycles. The number of hydrogen-bond acceptors (Lipinski definition) is 4. The monoisotopic (exact) mass is 380 g/mol. The fourth-order valence-corrected chi connectivity index (χ4v) is 3.86. The first-order chi connectivity index (χ1) is 13.1. The van der Waals surface area contributed by atoms with E-state index >= 15 is 0 Å². The van der Waals surface area contributed by atoms with E-state index in [9.17, 15) is 9.18 Å². The second-order valence-corrected chi connectivity index (χ2v) is 7.17. The molecule has 7 heteroatoms. The van der Waals surface area contributed by atoms with E-state index in [0.29, 0.717) is 11.4 Å². The van der Waals surface area contributed by atoms with Crippen LogP contribution in [-0.4, -0.2) is 15.7 Å². The fraction of sp³-hybridized carbons (Fsp3) is 0.100. The Balaban J connectivity index is 1.55. The van der Waals surface area contributed by atoms with Crippen LogP contribution in [0, 0.1) is 12.7 Å². The molecular formula is C20H17FN4OS. The minimum atomic E-state index is -0.262. The van der Waals surface area contributed by atoms with E-state index in [2.05, 4.69) is 16.0 Å². The third kappa shape index (κ3) is 3.68. The van der Waals surface area contributed by atoms with Gasteiger partial charge in [0.1, 0.15) is 10.6 Å². The van der Waals surface area contributed by atoms with Gasteiger partial charge in [0, 0.05) is 5.39 Å². The van der Waals surface area contributed by atoms with Gasteiger partial charge >= 0.3 is 0 Å². The van der Waals surface area contributed by atoms with Crippen molar-refractivity contribution < 1.29 is 9.18 Å². The van der Waals surface area contributed by atoms with Gasteiger partial charge in [0.25, 0.3) is 5.91 Å². The van der Waals surface area contributed by atoms with Gasteiger partial charge in [-0.3, -0.25) is 20.3 Å². The molecule has 0 spiro atoms. The van der Waals surface area contributed by atoms with Gasteiger partial charge < -0.3 is 0 Å². The zero-order chi connectivity index (χ0) is 18.8. The number of aryl methyl sites for hydroxylation is 1. The molecule has 0 unspecified atom stereocenters. The summed E-state index contributed by atoms with van der Waals surface area (Å²) in [5, 5.41) is 5.50. The molecule has 0 fully saturated rings. The lowest BCUT2D eigenvalue weighted by atomic mass is 10.2. The molecule has 27 heavy (non-hydrogen) atoms. The molecule has 4 aromatic rings. The molecule has 0 radical (unpaired) electrons. The first-order valence-corrected chi connectivity index (χ1v) is 9.24. The Morgan fingerprint density at radius 1 is 1.15 bits per heavy atom. The number of thiophene rings is 1. The third-order valence-electron chi connectivity index (χ3n) is 4.17. The molecule has 2 aromatic carbocycles. The lowest BCUT2D eigenvalue weighted by Crippen LogP contribution is -2.28. The molecule has 4 rings (SSSR count). The van der Waals surface area contributed by atoms with Crippen LogP contribution in [0.3, 0.4) is 0 Å². The van der Waals surface area contributed by atoms with Crippen molar-refractivity contribution in [2.24, 2.45) is 0 Å². The van der Waals surface area contributed by atoms with Crippen LogP contribution in [0.15, 0.2) is 60.7 Å². The summed E-state index contributed by atoms with van der Waals surface area (Å²) in [6, 6.07) is 17.6. The van der Waals surface area contributed by atoms with Crippen LogP contribution in [-0.2, 0) is 6.54 Å². The first-order valence-electron chi connectivity index (χ1n) is 8.43. The van der Waals surface area contributed by atoms with Crippen LogP contribution in [0.5, 0.6) is 0 Å². The molecule has 0 atom stereocenters. The van der Waals surface area contributed by atoms with Gasteiger partial charge in [-0.2, -0.15) is 5.10 Å². The summed E-state index contributed by atoms with van der Waals surface area (Å²) in [7, 11) is 0. The molecule has 0 saturated carbocycles. The van der Waals surface area contributed by atoms with E-state index in [4.69, 9.17) is 0 Å². The lowest BCUT2D eigenvalue weighted by Gasteiger charge is -2.06. The van der Waals surface area contributed by atoms with Crippen LogP contribution >= 0.6 is 11.3 Å². The van der Waals surface area contributed by atoms with Gasteiger partial charge in [-0.15, -0.1) is 11.3 Å². The van der Waals surface area contributed by atoms with Crippen LogP contribution in [0.25, 0.3) is 10.2 Å². The van der Waals surface area contributed by atoms with Crippen molar-refractivity contribution in [1.82, 2.24) is 15.2 Å². The second-order valence-electron chi connectivity index (χ2n) is 6.14. The normalized spacial score (nSPS) is 10.9. The Kier molecular flexibility index (Phi) is 4.60. The number of carbonyl (C=O) groups excluding carboxylic acids is 1. The number of anilines is 1. The van der Waals surface area contributed by atoms with Gasteiger partial charge in [0.05, 0.1) is 22.8 Å². The van der Waals surface area contributed by atoms with Crippen molar-refractivity contribution >= 4 is 33.1 Å². The number of nitrogens with one attached hydrogen (secondary N) is 2. The molecule has 2 heterocycles. The minimum absolute atomic E-state index is 0.201. The summed E-state index contributed by atoms with van der Waals surface area (Å²) in [4.78, 5) is 14.0. The first kappa shape index (κ1) is 17.2. The standard InChI is InChI=1S/C20H17FN4OS/c1-13-17-11-18(19(26)23-22-16-5-3-2-4-6-16)27-20(17)25(24-13)12-14-7-9-15(21)10-8-14/h2-11,22H,12H2,1H3,(H,23,26). The van der Waals surface area contributed by atoms with Crippen molar-refractivity contribution in [1.29, 1.82) is 0 Å². The van der Waals surface area contributed by atoms with Crippen LogP contribution in [0.4, 0.5) is 10.1 Å². The van der Waals surface area contributed by atoms with Gasteiger partial charge in [-0.1, -0.05) is 30.3 Å². The third-order valence-corrected chi connectivity index (χ3v) is 5.32. The summed E-state index contributed by atoms with van der Waals surface area (Å²) in [6.45, 7) is 2.44. The van der Waals surface area contributed by atoms with Crippen LogP contribution < -0.4 is 10.9 Å². The van der Waals surface area contributed by atoms with E-state index in [1.807, 2.05) is 48.0 Å². The molecule has 136 valence electrons. The average Bonchev–Trinajstić information content (AvgIpc) is 3.24. The number of fused-ring (bicyclic) bond motifs is 1. The minimum Gasteiger partial charge on any atom is -0.298 e. The number of aromatic nitrogens is 2. The molecule has 5 nitrogen and oxygen atoms in total. The number of halogens is 1. The van der Waals surface area contributed by atoms with E-state index in [1.54, 1.807) is 12.1 Å². The zero-order valence-electron chi connectivity index (χ0n) is 14.6. The number of carbonyl (C=O) groups is 1. The van der Waals surface area contributed by atoms with Crippen LogP contribution in [0.1, 0.15) is 20.9 Å². The molecule has 0 saturated heterocycles. The highest BCUT2D eigenvalue weighted by molar-refractivity contribution is 7.20. The Morgan fingerprint density at radius 3 is 2.63 bits per heavy atom. The van der Waals surface area contributed by atoms with Gasteiger partial charge in [-0.05, 0) is 42.8 Å². The fourth-order valence-electron chi connectivity index (χ4n) is 2.81. The van der Waals surface area contributed by atoms with Crippen molar-refractivity contribution in [2.45, 2.75) is 13.5 Å². The number of rotatable bonds is 5. The van der Waals surface area contributed by atoms with Crippen molar-refractivity contribution in [3.05, 3.63) is 82.6 Å². The largest absolute Gasteiger partial charge is 0.298 e. The Bertz CT molecular complexity index is 1090. The SMILES string of the molecule is Cc1nn(Cc2ccc(F)cc2)c2sc(C(=O)NNc3ccccc3)cc12. The number of hydrazine groups is 1. The Morgan fingerprint density at radius 2 is 1.89 bits per heavy atom. The molecule has 0 bridgehead atoms. The number of para-hydroxylation sites is 1. The average molecular weight is 380 g/mol. The predicted molar refractivity (Wildman–Crippen MR) is 105 cm³/mol. The summed E-state index contributed by atoms with van der Waals surface area (Å²) >= 11 is 1.38. The maximum Gasteiger partial charge on any atom is 0.279 e. The van der Waals surface area contributed by atoms with E-state index in [1.165, 1.54) is 23.5 Å². The molecule has 2 aromatic heterocycles. The maximum absolute atomic E-state index is 13.1. The van der Waals surface area contributed by atoms with E-state index < -0.39 is 0 Å². The lowest BCUT2D eigenvalue weighted by molar-refractivity contribution is 0.0966. The smallest absolute Gasteiger partial charge is 0.279 e. The molecular weight excluding hydrogens is 363 g/mol. The highest BCUT2D eigenvalue weighted by Crippen LogP contribution is 2.29. The molecule has 2 N–H and O–H groups in total. The Hall–Kier alpha value is -3.19. The van der Waals surface area contributed by atoms with Crippen molar-refractivity contribution in [2.75, 3.05) is 5.43 Å². The quantitative estimate of drug-likeness (QED) is 0.506. The molecule has 0 aliphatic rings. The van der Waals surface area contributed by atoms with E-state index in [-0.39, 0.29) is 11.7 Å². The summed E-state index contributed by atoms with van der Waals surface area (Å²) in [6.07, 6.45) is 0. The van der Waals surface area contributed by atoms with Crippen LogP contribution in [0.2, 0.25) is 0 Å². The summed E-state index contributed by atoms with van der Waals surface area (Å²) in [5.74, 6) is -0.464. The second kappa shape index (κ2) is 7.20. The number of nitrogens with zero attached hydrogens (tertiary/aromatic N) is 2. The highest BCUT2D eigenvalue weighted by atomic mass is 32.1.